The summed E-state index contributed by atoms with van der Waals surface area (Å²) in [7, 11) is 0. The molecule has 0 spiro atoms. The Bertz CT molecular complexity index is 5200. The Morgan fingerprint density at radius 1 is 0.555 bits per heavy atom. The van der Waals surface area contributed by atoms with Crippen molar-refractivity contribution in [3.63, 3.8) is 0 Å². The van der Waals surface area contributed by atoms with E-state index >= 15 is 0 Å². The second-order valence-corrected chi connectivity index (χ2v) is 40.2. The van der Waals surface area contributed by atoms with Gasteiger partial charge in [-0.2, -0.15) is 15.0 Å². The Kier molecular flexibility index (Phi) is 25.7. The summed E-state index contributed by atoms with van der Waals surface area (Å²) in [6.07, 6.45) is -16.1. The minimum Gasteiger partial charge on any atom is -0.780 e. The highest BCUT2D eigenvalue weighted by molar-refractivity contribution is 8.32. The number of ether oxygens (including phenoxy) is 5. The Hall–Kier alpha value is -5.24. The first-order valence-corrected chi connectivity index (χ1v) is 46.2. The average molecular weight is 1730 g/mol. The summed E-state index contributed by atoms with van der Waals surface area (Å²) in [6.45, 7) is -17.5. The second kappa shape index (κ2) is 33.5. The quantitative estimate of drug-likeness (QED) is 0.0184. The molecule has 44 nitrogen and oxygen atoms in total. The third-order valence-corrected chi connectivity index (χ3v) is 26.2. The zero-order chi connectivity index (χ0) is 79.6. The molecular formula is C56H72N16O28P5S5-5. The average Bonchev–Trinajstić information content (AvgIpc) is 1.63. The van der Waals surface area contributed by atoms with Crippen molar-refractivity contribution in [2.24, 2.45) is 11.8 Å². The molecule has 0 radical (unpaired) electrons. The van der Waals surface area contributed by atoms with Crippen LogP contribution in [0, 0.1) is 25.7 Å². The van der Waals surface area contributed by atoms with Crippen LogP contribution in [0.3, 0.4) is 0 Å². The molecule has 10 N–H and O–H groups in total. The number of nitrogens with two attached hydrogens (primary N) is 3. The van der Waals surface area contributed by atoms with Crippen molar-refractivity contribution in [1.29, 1.82) is 0 Å². The molecule has 6 aliphatic heterocycles. The number of aromatic amines is 4. The van der Waals surface area contributed by atoms with Gasteiger partial charge in [0.05, 0.1) is 88.0 Å². The number of anilines is 4. The third-order valence-electron chi connectivity index (χ3n) is 18.2. The second-order valence-electron chi connectivity index (χ2n) is 26.6. The molecule has 12 rings (SSSR count). The zero-order valence-electron chi connectivity index (χ0n) is 58.4. The number of H-pyrrole nitrogens is 4. The van der Waals surface area contributed by atoms with Gasteiger partial charge in [-0.25, -0.2) is 19.4 Å². The van der Waals surface area contributed by atoms with Crippen LogP contribution < -0.4 is 81.0 Å². The van der Waals surface area contributed by atoms with Gasteiger partial charge in [0.2, 0.25) is 17.8 Å². The lowest BCUT2D eigenvalue weighted by Gasteiger charge is -2.36. The number of aromatic nitrogens is 12. The van der Waals surface area contributed by atoms with Crippen molar-refractivity contribution in [3.05, 3.63) is 121 Å². The minimum absolute atomic E-state index is 0.00441. The minimum atomic E-state index is -4.99. The van der Waals surface area contributed by atoms with Crippen LogP contribution >= 0.6 is 33.7 Å². The molecule has 0 aromatic carbocycles. The number of nitrogens with one attached hydrogen (secondary N) is 4. The van der Waals surface area contributed by atoms with Crippen molar-refractivity contribution in [1.82, 2.24) is 58.1 Å². The predicted octanol–water partition coefficient (Wildman–Crippen LogP) is -1.91. The lowest BCUT2D eigenvalue weighted by Crippen LogP contribution is -2.39. The number of carbonyl (C=O) groups is 1. The van der Waals surface area contributed by atoms with Crippen LogP contribution in [0.1, 0.15) is 101 Å². The number of rotatable bonds is 31. The molecule has 604 valence electrons. The summed E-state index contributed by atoms with van der Waals surface area (Å²) in [4.78, 5) is 187. The molecule has 6 aromatic heterocycles. The van der Waals surface area contributed by atoms with E-state index in [2.05, 4.69) is 39.9 Å². The molecule has 12 heterocycles. The summed E-state index contributed by atoms with van der Waals surface area (Å²) in [5.74, 6) is -1.96. The molecule has 110 heavy (non-hydrogen) atoms. The van der Waals surface area contributed by atoms with Gasteiger partial charge in [0.15, 0.2) is 23.8 Å². The first kappa shape index (κ1) is 84.2. The van der Waals surface area contributed by atoms with Crippen LogP contribution in [-0.4, -0.2) is 164 Å². The number of imidazole rings is 1. The molecule has 5 unspecified atom stereocenters. The summed E-state index contributed by atoms with van der Waals surface area (Å²) in [5.41, 5.74) is 11.9. The van der Waals surface area contributed by atoms with Crippen LogP contribution in [-0.2, 0) is 144 Å². The van der Waals surface area contributed by atoms with E-state index in [1.54, 1.807) is 13.8 Å². The molecule has 0 bridgehead atoms. The largest absolute Gasteiger partial charge is 0.780 e. The Morgan fingerprint density at radius 2 is 0.991 bits per heavy atom. The van der Waals surface area contributed by atoms with Gasteiger partial charge in [0.25, 0.3) is 22.2 Å². The van der Waals surface area contributed by atoms with E-state index in [-0.39, 0.29) is 70.1 Å². The number of carbonyl (C=O) groups excluding carboxylic acids is 1. The van der Waals surface area contributed by atoms with Gasteiger partial charge in [0, 0.05) is 55.4 Å². The van der Waals surface area contributed by atoms with Gasteiger partial charge < -0.3 is 118 Å². The number of hydrogen-bond donors (Lipinski definition) is 7. The molecule has 6 aliphatic rings. The van der Waals surface area contributed by atoms with Crippen molar-refractivity contribution >= 4 is 134 Å². The van der Waals surface area contributed by atoms with E-state index in [9.17, 15) is 62.5 Å². The Labute approximate surface area is 645 Å². The van der Waals surface area contributed by atoms with Gasteiger partial charge in [-0.05, 0) is 52.0 Å². The Balaban J connectivity index is 0.761. The number of nitrogen functional groups attached to an aromatic ring is 3. The van der Waals surface area contributed by atoms with Gasteiger partial charge >= 0.3 is 17.1 Å². The number of hydrogen-bond acceptors (Lipinski definition) is 40. The lowest BCUT2D eigenvalue weighted by molar-refractivity contribution is -0.220. The Morgan fingerprint density at radius 3 is 1.50 bits per heavy atom. The number of amides is 1. The van der Waals surface area contributed by atoms with Crippen molar-refractivity contribution < 1.29 is 97.9 Å². The maximum absolute atomic E-state index is 14.7. The van der Waals surface area contributed by atoms with Gasteiger partial charge in [-0.15, -0.1) is 0 Å². The maximum Gasteiger partial charge on any atom is 0.351 e. The van der Waals surface area contributed by atoms with Crippen molar-refractivity contribution in [2.45, 2.75) is 172 Å². The zero-order valence-corrected chi connectivity index (χ0v) is 67.0. The van der Waals surface area contributed by atoms with Gasteiger partial charge in [0.1, 0.15) is 88.2 Å². The first-order chi connectivity index (χ1) is 51.6. The number of aryl methyl sites for hydroxylation is 2. The fourth-order valence-electron chi connectivity index (χ4n) is 13.1. The molecule has 6 aromatic rings. The van der Waals surface area contributed by atoms with Gasteiger partial charge in [-0.1, -0.05) is 61.1 Å². The third kappa shape index (κ3) is 19.8. The van der Waals surface area contributed by atoms with E-state index in [0.29, 0.717) is 6.42 Å². The normalized spacial score (nSPS) is 29.1. The number of fused-ring (bicyclic) bond motifs is 2. The van der Waals surface area contributed by atoms with E-state index in [0.717, 1.165) is 20.2 Å². The van der Waals surface area contributed by atoms with Gasteiger partial charge in [-0.3, -0.25) is 71.6 Å². The summed E-state index contributed by atoms with van der Waals surface area (Å²) < 4.78 is 108. The topological polar surface area (TPSA) is 600 Å². The first-order valence-electron chi connectivity index (χ1n) is 33.5. The maximum atomic E-state index is 14.7. The van der Waals surface area contributed by atoms with Crippen LogP contribution in [0.5, 0.6) is 0 Å². The molecule has 5 saturated heterocycles. The smallest absolute Gasteiger partial charge is 0.351 e. The SMILES string of the molecule is Cc1cn([C@H]2C[C@@H](OP([O-])(=S)OC[C@H]3O[C@@H](n4ccc(N)nc4=O)C[C@H]3C(C)C)[C@@H](COP(=O)([S-])O[C@@H]3C[C@H](N4C(=O)Cc5c4nc(N)[nH]c5=O)O[C@@H]3COP([O-])(=S)O[C@@H]3C[C@H](n4cc(C)c(=O)[nH]c4=O)O[C@@H]3COP([O-])(=S)O[C@@H]3C[C@H](n4cnc5c(=O)[nH]c(N)nc54)O[C@@H]3COP([O-])(=S)OC(C)C)O2)c(=O)[nH]c1=O. The fourth-order valence-corrected chi connectivity index (χ4v) is 20.5. The molecule has 0 aliphatic carbocycles. The van der Waals surface area contributed by atoms with E-state index in [4.69, 9.17) is 146 Å². The fraction of sp³-hybridized carbons (Fsp3) is 0.607. The van der Waals surface area contributed by atoms with Crippen LogP contribution in [0.2, 0.25) is 0 Å². The van der Waals surface area contributed by atoms with E-state index < -0.39 is 229 Å². The highest BCUT2D eigenvalue weighted by Crippen LogP contribution is 2.55. The van der Waals surface area contributed by atoms with Crippen LogP contribution in [0.4, 0.5) is 23.5 Å². The van der Waals surface area contributed by atoms with Crippen molar-refractivity contribution in [3.8, 4) is 0 Å². The molecule has 1 amide bonds. The van der Waals surface area contributed by atoms with Crippen LogP contribution in [0.15, 0.2) is 64.5 Å². The van der Waals surface area contributed by atoms with Crippen LogP contribution in [0.25, 0.3) is 11.2 Å². The molecule has 54 heteroatoms. The number of nitrogens with zero attached hydrogens (tertiary/aromatic N) is 9. The molecule has 0 saturated carbocycles. The van der Waals surface area contributed by atoms with E-state index in [1.807, 2.05) is 13.8 Å². The molecule has 20 atom stereocenters. The highest BCUT2D eigenvalue weighted by Gasteiger charge is 2.49. The highest BCUT2D eigenvalue weighted by atomic mass is 32.7. The van der Waals surface area contributed by atoms with E-state index in [1.165, 1.54) is 47.8 Å². The summed E-state index contributed by atoms with van der Waals surface area (Å²) in [6, 6.07) is 1.42. The molecular weight excluding hydrogens is 1660 g/mol. The lowest BCUT2D eigenvalue weighted by atomic mass is 9.89. The molecule has 5 fully saturated rings. The monoisotopic (exact) mass is 1730 g/mol. The predicted molar refractivity (Wildman–Crippen MR) is 391 cm³/mol. The standard InChI is InChI=1S/C56H77N16O28P5S5/c1-23(2)27-10-40(68-8-7-38(57)61-54(68)78)91-33(27)17-86-102(82,107)97-29-11-41(69-15-25(5)48(74)66-55(69)79)92-34(29)20-89-105(85,110)100-32-14-44(72-39(73)9-28-46(72)62-52(58)64-50(28)76)95-37(32)21-90-104(84,109)98-30-12-42(70-16-26(6)49(75)67-56(70)80)93-35(30)19-88-103(83,108)99-31-13-43(94-36(31)18-87-101(81,106)96-24(3)4)71-22-60-45-47(71)63-53(59)65-51(45)77/h7-8,15-16,22-24,27,29-37,40-44H,9-14,17-21H2,1-6H3,(H,81,106)(H,82,107)(H,83,108)(H,84,109)(H,85,110)(H2,57,61,78)(H,66,74,79)(H,67,75,80)(H3,58,62,64,76)(H3,59,63,65,77)/p-5/t27-,29+,30+,31+,32+,33+,34+,35+,36+,37+,40+,41+,42+,43+,44+,101?,102?,103?,104?,105?/m0/s1. The van der Waals surface area contributed by atoms with Crippen molar-refractivity contribution in [2.75, 3.05) is 55.1 Å². The summed E-state index contributed by atoms with van der Waals surface area (Å²) >= 11 is 26.8. The summed E-state index contributed by atoms with van der Waals surface area (Å²) in [5, 5.41) is 0.